The quantitative estimate of drug-likeness (QED) is 0.799. The summed E-state index contributed by atoms with van der Waals surface area (Å²) < 4.78 is 25.8. The van der Waals surface area contributed by atoms with Crippen molar-refractivity contribution >= 4 is 21.6 Å². The zero-order chi connectivity index (χ0) is 12.0. The molecule has 90 valence electrons. The van der Waals surface area contributed by atoms with Crippen LogP contribution in [0, 0.1) is 0 Å². The number of benzene rings is 1. The molecular formula is C11H16ClNO2S. The van der Waals surface area contributed by atoms with E-state index in [1.54, 1.807) is 0 Å². The van der Waals surface area contributed by atoms with Gasteiger partial charge in [0.25, 0.3) is 0 Å². The van der Waals surface area contributed by atoms with Crippen molar-refractivity contribution < 1.29 is 8.42 Å². The van der Waals surface area contributed by atoms with Gasteiger partial charge < -0.3 is 0 Å². The number of hydrogen-bond donors (Lipinski definition) is 1. The SMILES string of the molecule is CCCS(=O)(=O)NC(CCl)c1ccccc1. The molecule has 0 aliphatic heterocycles. The molecule has 16 heavy (non-hydrogen) atoms. The topological polar surface area (TPSA) is 46.2 Å². The molecule has 0 radical (unpaired) electrons. The first-order valence-electron chi connectivity index (χ1n) is 5.20. The molecule has 1 aromatic rings. The van der Waals surface area contributed by atoms with Gasteiger partial charge in [-0.15, -0.1) is 11.6 Å². The number of rotatable bonds is 6. The van der Waals surface area contributed by atoms with Crippen molar-refractivity contribution in [1.29, 1.82) is 0 Å². The van der Waals surface area contributed by atoms with Crippen LogP contribution in [0.4, 0.5) is 0 Å². The lowest BCUT2D eigenvalue weighted by Gasteiger charge is -2.16. The van der Waals surface area contributed by atoms with Crippen LogP contribution in [0.5, 0.6) is 0 Å². The van der Waals surface area contributed by atoms with E-state index in [9.17, 15) is 8.42 Å². The minimum atomic E-state index is -3.23. The molecule has 1 rings (SSSR count). The molecule has 0 spiro atoms. The Hall–Kier alpha value is -0.580. The van der Waals surface area contributed by atoms with Gasteiger partial charge in [-0.3, -0.25) is 0 Å². The lowest BCUT2D eigenvalue weighted by Crippen LogP contribution is -2.31. The number of nitrogens with one attached hydrogen (secondary N) is 1. The molecule has 0 fully saturated rings. The molecule has 0 bridgehead atoms. The van der Waals surface area contributed by atoms with Gasteiger partial charge in [0.1, 0.15) is 0 Å². The minimum Gasteiger partial charge on any atom is -0.212 e. The monoisotopic (exact) mass is 261 g/mol. The normalized spacial score (nSPS) is 13.6. The van der Waals surface area contributed by atoms with Crippen LogP contribution in [-0.2, 0) is 10.0 Å². The number of sulfonamides is 1. The molecule has 0 aromatic heterocycles. The van der Waals surface area contributed by atoms with E-state index in [-0.39, 0.29) is 17.7 Å². The highest BCUT2D eigenvalue weighted by molar-refractivity contribution is 7.89. The maximum absolute atomic E-state index is 11.6. The molecule has 1 aromatic carbocycles. The van der Waals surface area contributed by atoms with Gasteiger partial charge in [-0.1, -0.05) is 37.3 Å². The number of alkyl halides is 1. The van der Waals surface area contributed by atoms with Crippen LogP contribution in [0.15, 0.2) is 30.3 Å². The van der Waals surface area contributed by atoms with E-state index in [1.165, 1.54) is 0 Å². The third-order valence-corrected chi connectivity index (χ3v) is 4.05. The Labute approximate surface area is 102 Å². The molecular weight excluding hydrogens is 246 g/mol. The van der Waals surface area contributed by atoms with Crippen molar-refractivity contribution in [1.82, 2.24) is 4.72 Å². The van der Waals surface area contributed by atoms with E-state index in [2.05, 4.69) is 4.72 Å². The number of halogens is 1. The molecule has 3 nitrogen and oxygen atoms in total. The van der Waals surface area contributed by atoms with E-state index in [0.717, 1.165) is 5.56 Å². The Kier molecular flexibility index (Phi) is 5.25. The van der Waals surface area contributed by atoms with Crippen molar-refractivity contribution in [2.75, 3.05) is 11.6 Å². The molecule has 0 aliphatic rings. The lowest BCUT2D eigenvalue weighted by molar-refractivity contribution is 0.566. The van der Waals surface area contributed by atoms with E-state index in [0.29, 0.717) is 6.42 Å². The van der Waals surface area contributed by atoms with Crippen LogP contribution in [-0.4, -0.2) is 20.1 Å². The maximum atomic E-state index is 11.6. The van der Waals surface area contributed by atoms with Crippen molar-refractivity contribution in [2.24, 2.45) is 0 Å². The predicted molar refractivity (Wildman–Crippen MR) is 67.1 cm³/mol. The van der Waals surface area contributed by atoms with Crippen LogP contribution in [0.2, 0.25) is 0 Å². The molecule has 1 atom stereocenters. The summed E-state index contributed by atoms with van der Waals surface area (Å²) >= 11 is 5.78. The summed E-state index contributed by atoms with van der Waals surface area (Å²) in [4.78, 5) is 0. The van der Waals surface area contributed by atoms with Gasteiger partial charge in [-0.05, 0) is 12.0 Å². The van der Waals surface area contributed by atoms with Gasteiger partial charge in [0.15, 0.2) is 0 Å². The van der Waals surface area contributed by atoms with E-state index in [1.807, 2.05) is 37.3 Å². The zero-order valence-corrected chi connectivity index (χ0v) is 10.8. The van der Waals surface area contributed by atoms with Crippen molar-refractivity contribution in [2.45, 2.75) is 19.4 Å². The summed E-state index contributed by atoms with van der Waals surface area (Å²) in [7, 11) is -3.23. The van der Waals surface area contributed by atoms with Gasteiger partial charge in [-0.25, -0.2) is 13.1 Å². The first-order valence-corrected chi connectivity index (χ1v) is 7.38. The van der Waals surface area contributed by atoms with Gasteiger partial charge in [0.2, 0.25) is 10.0 Å². The van der Waals surface area contributed by atoms with Crippen LogP contribution in [0.1, 0.15) is 24.9 Å². The largest absolute Gasteiger partial charge is 0.212 e. The smallest absolute Gasteiger partial charge is 0.212 e. The third-order valence-electron chi connectivity index (χ3n) is 2.15. The Balaban J connectivity index is 2.78. The number of hydrogen-bond acceptors (Lipinski definition) is 2. The average molecular weight is 262 g/mol. The standard InChI is InChI=1S/C11H16ClNO2S/c1-2-8-16(14,15)13-11(9-12)10-6-4-3-5-7-10/h3-7,11,13H,2,8-9H2,1H3. The molecule has 0 heterocycles. The second kappa shape index (κ2) is 6.23. The van der Waals surface area contributed by atoms with E-state index < -0.39 is 10.0 Å². The van der Waals surface area contributed by atoms with Crippen LogP contribution >= 0.6 is 11.6 Å². The van der Waals surface area contributed by atoms with Gasteiger partial charge in [0.05, 0.1) is 11.8 Å². The molecule has 0 saturated heterocycles. The molecule has 0 aliphatic carbocycles. The highest BCUT2D eigenvalue weighted by Crippen LogP contribution is 2.15. The summed E-state index contributed by atoms with van der Waals surface area (Å²) in [6.07, 6.45) is 0.596. The summed E-state index contributed by atoms with van der Waals surface area (Å²) in [5, 5.41) is 0. The molecule has 1 N–H and O–H groups in total. The highest BCUT2D eigenvalue weighted by atomic mass is 35.5. The molecule has 5 heteroatoms. The van der Waals surface area contributed by atoms with E-state index in [4.69, 9.17) is 11.6 Å². The fourth-order valence-electron chi connectivity index (χ4n) is 1.42. The zero-order valence-electron chi connectivity index (χ0n) is 9.19. The lowest BCUT2D eigenvalue weighted by atomic mass is 10.1. The summed E-state index contributed by atoms with van der Waals surface area (Å²) in [5.41, 5.74) is 0.886. The van der Waals surface area contributed by atoms with Crippen molar-refractivity contribution in [3.8, 4) is 0 Å². The minimum absolute atomic E-state index is 0.132. The highest BCUT2D eigenvalue weighted by Gasteiger charge is 2.17. The summed E-state index contributed by atoms with van der Waals surface area (Å²) in [5.74, 6) is 0.361. The molecule has 0 amide bonds. The Morgan fingerprint density at radius 2 is 1.94 bits per heavy atom. The molecule has 0 saturated carbocycles. The van der Waals surface area contributed by atoms with Crippen molar-refractivity contribution in [3.05, 3.63) is 35.9 Å². The van der Waals surface area contributed by atoms with Crippen molar-refractivity contribution in [3.63, 3.8) is 0 Å². The van der Waals surface area contributed by atoms with Gasteiger partial charge in [-0.2, -0.15) is 0 Å². The Morgan fingerprint density at radius 3 is 2.44 bits per heavy atom. The third kappa shape index (κ3) is 4.12. The maximum Gasteiger partial charge on any atom is 0.212 e. The Morgan fingerprint density at radius 1 is 1.31 bits per heavy atom. The fraction of sp³-hybridized carbons (Fsp3) is 0.455. The van der Waals surface area contributed by atoms with Crippen LogP contribution in [0.25, 0.3) is 0 Å². The first kappa shape index (κ1) is 13.5. The predicted octanol–water partition coefficient (Wildman–Crippen LogP) is 2.30. The van der Waals surface area contributed by atoms with Gasteiger partial charge >= 0.3 is 0 Å². The summed E-state index contributed by atoms with van der Waals surface area (Å²) in [6, 6.07) is 8.99. The average Bonchev–Trinajstić information content (AvgIpc) is 2.27. The second-order valence-electron chi connectivity index (χ2n) is 3.55. The van der Waals surface area contributed by atoms with E-state index >= 15 is 0 Å². The summed E-state index contributed by atoms with van der Waals surface area (Å²) in [6.45, 7) is 1.83. The van der Waals surface area contributed by atoms with Crippen LogP contribution in [0.3, 0.4) is 0 Å². The first-order chi connectivity index (χ1) is 7.59. The van der Waals surface area contributed by atoms with Crippen LogP contribution < -0.4 is 4.72 Å². The molecule has 1 unspecified atom stereocenters. The fourth-order valence-corrected chi connectivity index (χ4v) is 3.07. The second-order valence-corrected chi connectivity index (χ2v) is 5.74. The van der Waals surface area contributed by atoms with Gasteiger partial charge in [0, 0.05) is 5.88 Å². The Bertz CT molecular complexity index is 405.